The quantitative estimate of drug-likeness (QED) is 0.0261. The van der Waals surface area contributed by atoms with E-state index in [1.807, 2.05) is 0 Å². The van der Waals surface area contributed by atoms with Crippen LogP contribution in [0.2, 0.25) is 0 Å². The zero-order valence-corrected chi connectivity index (χ0v) is 48.1. The number of carbonyl (C=O) groups is 3. The maximum atomic E-state index is 12.8. The van der Waals surface area contributed by atoms with Gasteiger partial charge in [-0.3, -0.25) is 14.4 Å². The van der Waals surface area contributed by atoms with Crippen LogP contribution in [-0.2, 0) is 28.6 Å². The van der Waals surface area contributed by atoms with Gasteiger partial charge in [-0.05, 0) is 128 Å². The van der Waals surface area contributed by atoms with E-state index >= 15 is 0 Å². The van der Waals surface area contributed by atoms with Gasteiger partial charge in [0.1, 0.15) is 13.2 Å². The molecule has 0 bridgehead atoms. The molecule has 0 aromatic heterocycles. The molecule has 6 heteroatoms. The Morgan fingerprint density at radius 1 is 0.284 bits per heavy atom. The third-order valence-electron chi connectivity index (χ3n) is 12.7. The Morgan fingerprint density at radius 2 is 0.527 bits per heavy atom. The summed E-state index contributed by atoms with van der Waals surface area (Å²) >= 11 is 0. The van der Waals surface area contributed by atoms with Gasteiger partial charge in [0.15, 0.2) is 6.10 Å². The Labute approximate surface area is 456 Å². The van der Waals surface area contributed by atoms with Crippen molar-refractivity contribution < 1.29 is 28.6 Å². The minimum atomic E-state index is -0.807. The summed E-state index contributed by atoms with van der Waals surface area (Å²) in [4.78, 5) is 38.2. The maximum Gasteiger partial charge on any atom is 0.306 e. The normalized spacial score (nSPS) is 13.0. The van der Waals surface area contributed by atoms with Gasteiger partial charge in [-0.15, -0.1) is 0 Å². The summed E-state index contributed by atoms with van der Waals surface area (Å²) in [5, 5.41) is 0. The predicted octanol–water partition coefficient (Wildman–Crippen LogP) is 20.8. The zero-order valence-electron chi connectivity index (χ0n) is 48.1. The highest BCUT2D eigenvalue weighted by atomic mass is 16.6. The Balaban J connectivity index is 4.35. The van der Waals surface area contributed by atoms with Gasteiger partial charge in [0.25, 0.3) is 0 Å². The number of hydrogen-bond donors (Lipinski definition) is 0. The minimum Gasteiger partial charge on any atom is -0.462 e. The first kappa shape index (κ1) is 69.8. The molecule has 0 aromatic rings. The number of esters is 3. The van der Waals surface area contributed by atoms with Gasteiger partial charge in [0.05, 0.1) is 0 Å². The van der Waals surface area contributed by atoms with Crippen LogP contribution in [0.4, 0.5) is 0 Å². The van der Waals surface area contributed by atoms with Crippen LogP contribution in [0.15, 0.2) is 122 Å². The predicted molar refractivity (Wildman–Crippen MR) is 320 cm³/mol. The van der Waals surface area contributed by atoms with E-state index in [0.717, 1.165) is 122 Å². The third-order valence-corrected chi connectivity index (χ3v) is 12.7. The molecule has 420 valence electrons. The number of unbranched alkanes of at least 4 members (excludes halogenated alkanes) is 23. The summed E-state index contributed by atoms with van der Waals surface area (Å²) < 4.78 is 16.8. The molecule has 0 spiro atoms. The Hall–Kier alpha value is -4.19. The van der Waals surface area contributed by atoms with E-state index < -0.39 is 6.10 Å². The van der Waals surface area contributed by atoms with Crippen LogP contribution < -0.4 is 0 Å². The molecule has 0 amide bonds. The first-order chi connectivity index (χ1) is 36.5. The topological polar surface area (TPSA) is 78.9 Å². The molecule has 0 aliphatic rings. The van der Waals surface area contributed by atoms with Gasteiger partial charge in [0.2, 0.25) is 0 Å². The zero-order chi connectivity index (χ0) is 53.6. The summed E-state index contributed by atoms with van der Waals surface area (Å²) in [6.07, 6.45) is 84.9. The molecule has 0 heterocycles. The van der Waals surface area contributed by atoms with E-state index in [0.29, 0.717) is 19.3 Å². The molecule has 0 aliphatic heterocycles. The van der Waals surface area contributed by atoms with E-state index in [9.17, 15) is 14.4 Å². The van der Waals surface area contributed by atoms with Crippen molar-refractivity contribution in [2.45, 2.75) is 277 Å². The molecule has 74 heavy (non-hydrogen) atoms. The highest BCUT2D eigenvalue weighted by Crippen LogP contribution is 2.15. The lowest BCUT2D eigenvalue weighted by atomic mass is 10.0. The molecule has 6 nitrogen and oxygen atoms in total. The van der Waals surface area contributed by atoms with Crippen molar-refractivity contribution in [2.75, 3.05) is 13.2 Å². The molecular weight excluding hydrogens is 913 g/mol. The molecular formula is C68H112O6. The van der Waals surface area contributed by atoms with Gasteiger partial charge in [0, 0.05) is 19.3 Å². The molecule has 0 radical (unpaired) electrons. The molecule has 0 rings (SSSR count). The molecule has 0 fully saturated rings. The summed E-state index contributed by atoms with van der Waals surface area (Å²) in [7, 11) is 0. The maximum absolute atomic E-state index is 12.8. The van der Waals surface area contributed by atoms with Crippen LogP contribution in [0.3, 0.4) is 0 Å². The first-order valence-corrected chi connectivity index (χ1v) is 30.5. The highest BCUT2D eigenvalue weighted by Gasteiger charge is 2.19. The van der Waals surface area contributed by atoms with Crippen molar-refractivity contribution in [1.29, 1.82) is 0 Å². The molecule has 0 saturated carbocycles. The fraction of sp³-hybridized carbons (Fsp3) is 0.662. The highest BCUT2D eigenvalue weighted by molar-refractivity contribution is 5.71. The van der Waals surface area contributed by atoms with Crippen molar-refractivity contribution in [1.82, 2.24) is 0 Å². The fourth-order valence-corrected chi connectivity index (χ4v) is 8.16. The second kappa shape index (κ2) is 61.4. The Kier molecular flexibility index (Phi) is 57.9. The Bertz CT molecular complexity index is 1550. The summed E-state index contributed by atoms with van der Waals surface area (Å²) in [6, 6.07) is 0. The smallest absolute Gasteiger partial charge is 0.306 e. The van der Waals surface area contributed by atoms with Crippen molar-refractivity contribution >= 4 is 17.9 Å². The average molecular weight is 1030 g/mol. The van der Waals surface area contributed by atoms with E-state index in [2.05, 4.69) is 142 Å². The van der Waals surface area contributed by atoms with Crippen molar-refractivity contribution in [3.8, 4) is 0 Å². The van der Waals surface area contributed by atoms with Gasteiger partial charge >= 0.3 is 17.9 Å². The molecule has 0 aliphatic carbocycles. The molecule has 1 atom stereocenters. The number of rotatable bonds is 54. The Morgan fingerprint density at radius 3 is 0.865 bits per heavy atom. The lowest BCUT2D eigenvalue weighted by Crippen LogP contribution is -2.30. The number of hydrogen-bond acceptors (Lipinski definition) is 6. The van der Waals surface area contributed by atoms with Gasteiger partial charge < -0.3 is 14.2 Å². The van der Waals surface area contributed by atoms with E-state index in [4.69, 9.17) is 14.2 Å². The second-order valence-corrected chi connectivity index (χ2v) is 19.8. The van der Waals surface area contributed by atoms with Crippen LogP contribution in [0.5, 0.6) is 0 Å². The number of carbonyl (C=O) groups excluding carboxylic acids is 3. The van der Waals surface area contributed by atoms with E-state index in [1.165, 1.54) is 103 Å². The summed E-state index contributed by atoms with van der Waals surface area (Å²) in [5.41, 5.74) is 0. The van der Waals surface area contributed by atoms with Crippen LogP contribution >= 0.6 is 0 Å². The van der Waals surface area contributed by atoms with Crippen molar-refractivity contribution in [3.63, 3.8) is 0 Å². The van der Waals surface area contributed by atoms with Crippen LogP contribution in [-0.4, -0.2) is 37.2 Å². The second-order valence-electron chi connectivity index (χ2n) is 19.8. The SMILES string of the molecule is CC/C=C\C/C=C\C/C=C\C/C=C\C/C=C\CCCCCCCCCCCCCC(=O)OCC(COC(=O)CCCCCCC/C=C\CCCCCCC)OC(=O)CCCC/C=C\C/C=C\C/C=C\C/C=C\CC. The monoisotopic (exact) mass is 1020 g/mol. The van der Waals surface area contributed by atoms with Crippen molar-refractivity contribution in [3.05, 3.63) is 122 Å². The lowest BCUT2D eigenvalue weighted by Gasteiger charge is -2.18. The molecule has 0 N–H and O–H groups in total. The van der Waals surface area contributed by atoms with Gasteiger partial charge in [-0.25, -0.2) is 0 Å². The van der Waals surface area contributed by atoms with Crippen molar-refractivity contribution in [2.24, 2.45) is 0 Å². The average Bonchev–Trinajstić information content (AvgIpc) is 3.40. The third kappa shape index (κ3) is 58.7. The molecule has 0 saturated heterocycles. The van der Waals surface area contributed by atoms with Crippen LogP contribution in [0.1, 0.15) is 271 Å². The number of allylic oxidation sites excluding steroid dienone is 20. The van der Waals surface area contributed by atoms with E-state index in [-0.39, 0.29) is 37.5 Å². The first-order valence-electron chi connectivity index (χ1n) is 30.5. The molecule has 0 aromatic carbocycles. The number of ether oxygens (including phenoxy) is 3. The standard InChI is InChI=1S/C68H112O6/c1-4-7-10-13-16-19-22-25-28-29-30-31-32-33-34-35-36-37-38-39-41-43-46-49-52-55-58-61-67(70)73-64-65(63-72-66(69)60-57-54-51-48-45-42-27-24-21-18-15-12-9-6-3)74-68(71)62-59-56-53-50-47-44-40-26-23-20-17-14-11-8-5-2/h7-8,10-11,16-17,19-20,24-28,30-31,33-34,40,47,50,65H,4-6,9,12-15,18,21-23,29,32,35-39,41-46,48-49,51-64H2,1-3H3/b10-7-,11-8-,19-16-,20-17-,27-24-,28-25-,31-30-,34-33-,40-26-,50-47-. The lowest BCUT2D eigenvalue weighted by molar-refractivity contribution is -0.167. The van der Waals surface area contributed by atoms with E-state index in [1.54, 1.807) is 0 Å². The largest absolute Gasteiger partial charge is 0.462 e. The van der Waals surface area contributed by atoms with Crippen LogP contribution in [0, 0.1) is 0 Å². The van der Waals surface area contributed by atoms with Gasteiger partial charge in [-0.2, -0.15) is 0 Å². The fourth-order valence-electron chi connectivity index (χ4n) is 8.16. The summed E-state index contributed by atoms with van der Waals surface area (Å²) in [6.45, 7) is 6.36. The summed E-state index contributed by atoms with van der Waals surface area (Å²) in [5.74, 6) is -0.953. The van der Waals surface area contributed by atoms with Gasteiger partial charge in [-0.1, -0.05) is 245 Å². The minimum absolute atomic E-state index is 0.101. The molecule has 1 unspecified atom stereocenters. The van der Waals surface area contributed by atoms with Crippen LogP contribution in [0.25, 0.3) is 0 Å².